The van der Waals surface area contributed by atoms with Gasteiger partial charge in [-0.15, -0.1) is 0 Å². The van der Waals surface area contributed by atoms with Crippen molar-refractivity contribution in [3.05, 3.63) is 53.4 Å². The van der Waals surface area contributed by atoms with Crippen molar-refractivity contribution in [1.29, 1.82) is 0 Å². The van der Waals surface area contributed by atoms with Crippen LogP contribution >= 0.6 is 0 Å². The predicted octanol–water partition coefficient (Wildman–Crippen LogP) is 2.92. The number of benzene rings is 1. The highest BCUT2D eigenvalue weighted by molar-refractivity contribution is 5.35. The maximum Gasteiger partial charge on any atom is 0.198 e. The standard InChI is InChI=1S/C13H12F2N2O/c1-8-2-3-10(7-17-8)18-13-11(14)4-9(6-16)5-12(13)15/h2-5,7H,6,16H2,1H3. The van der Waals surface area contributed by atoms with Crippen LogP contribution in [0.2, 0.25) is 0 Å². The van der Waals surface area contributed by atoms with Gasteiger partial charge in [0.2, 0.25) is 0 Å². The fourth-order valence-electron chi connectivity index (χ4n) is 1.46. The van der Waals surface area contributed by atoms with Gasteiger partial charge < -0.3 is 10.5 Å². The average molecular weight is 250 g/mol. The highest BCUT2D eigenvalue weighted by Gasteiger charge is 2.13. The second-order valence-corrected chi connectivity index (χ2v) is 3.83. The molecular formula is C13H12F2N2O. The third kappa shape index (κ3) is 2.62. The molecule has 1 aromatic heterocycles. The van der Waals surface area contributed by atoms with Crippen LogP contribution in [0.1, 0.15) is 11.3 Å². The predicted molar refractivity (Wildman–Crippen MR) is 63.3 cm³/mol. The molecule has 1 aromatic carbocycles. The van der Waals surface area contributed by atoms with Crippen molar-refractivity contribution in [3.63, 3.8) is 0 Å². The molecule has 0 aliphatic heterocycles. The zero-order valence-corrected chi connectivity index (χ0v) is 9.78. The van der Waals surface area contributed by atoms with E-state index >= 15 is 0 Å². The van der Waals surface area contributed by atoms with E-state index < -0.39 is 17.4 Å². The van der Waals surface area contributed by atoms with Crippen LogP contribution in [0.15, 0.2) is 30.5 Å². The van der Waals surface area contributed by atoms with E-state index in [2.05, 4.69) is 4.98 Å². The normalized spacial score (nSPS) is 10.4. The molecule has 0 aliphatic carbocycles. The van der Waals surface area contributed by atoms with Crippen molar-refractivity contribution in [2.45, 2.75) is 13.5 Å². The van der Waals surface area contributed by atoms with Gasteiger partial charge in [-0.3, -0.25) is 4.98 Å². The zero-order chi connectivity index (χ0) is 13.1. The van der Waals surface area contributed by atoms with Crippen LogP contribution in [-0.4, -0.2) is 4.98 Å². The molecule has 2 aromatic rings. The SMILES string of the molecule is Cc1ccc(Oc2c(F)cc(CN)cc2F)cn1. The van der Waals surface area contributed by atoms with Crippen molar-refractivity contribution in [1.82, 2.24) is 4.98 Å². The van der Waals surface area contributed by atoms with Crippen LogP contribution in [0.3, 0.4) is 0 Å². The van der Waals surface area contributed by atoms with Gasteiger partial charge in [0, 0.05) is 12.2 Å². The van der Waals surface area contributed by atoms with Crippen LogP contribution in [0, 0.1) is 18.6 Å². The molecule has 3 nitrogen and oxygen atoms in total. The monoisotopic (exact) mass is 250 g/mol. The largest absolute Gasteiger partial charge is 0.450 e. The molecule has 18 heavy (non-hydrogen) atoms. The fraction of sp³-hybridized carbons (Fsp3) is 0.154. The molecule has 0 fully saturated rings. The number of halogens is 2. The van der Waals surface area contributed by atoms with Gasteiger partial charge in [0.25, 0.3) is 0 Å². The minimum Gasteiger partial charge on any atom is -0.450 e. The lowest BCUT2D eigenvalue weighted by Crippen LogP contribution is -2.00. The van der Waals surface area contributed by atoms with Gasteiger partial charge >= 0.3 is 0 Å². The fourth-order valence-corrected chi connectivity index (χ4v) is 1.46. The number of ether oxygens (including phenoxy) is 1. The summed E-state index contributed by atoms with van der Waals surface area (Å²) < 4.78 is 32.4. The van der Waals surface area contributed by atoms with Gasteiger partial charge in [0.15, 0.2) is 17.4 Å². The van der Waals surface area contributed by atoms with Crippen molar-refractivity contribution in [3.8, 4) is 11.5 Å². The molecule has 0 aliphatic rings. The van der Waals surface area contributed by atoms with Gasteiger partial charge in [-0.05, 0) is 36.8 Å². The molecule has 94 valence electrons. The van der Waals surface area contributed by atoms with Gasteiger partial charge in [0.05, 0.1) is 6.20 Å². The number of nitrogens with zero attached hydrogens (tertiary/aromatic N) is 1. The lowest BCUT2D eigenvalue weighted by atomic mass is 10.2. The summed E-state index contributed by atoms with van der Waals surface area (Å²) in [5, 5.41) is 0. The third-order valence-corrected chi connectivity index (χ3v) is 2.40. The van der Waals surface area contributed by atoms with E-state index in [0.717, 1.165) is 17.8 Å². The van der Waals surface area contributed by atoms with Crippen molar-refractivity contribution in [2.24, 2.45) is 5.73 Å². The highest BCUT2D eigenvalue weighted by atomic mass is 19.1. The maximum absolute atomic E-state index is 13.6. The molecule has 0 amide bonds. The lowest BCUT2D eigenvalue weighted by Gasteiger charge is -2.09. The van der Waals surface area contributed by atoms with E-state index in [-0.39, 0.29) is 12.3 Å². The Labute approximate surface area is 103 Å². The summed E-state index contributed by atoms with van der Waals surface area (Å²) in [4.78, 5) is 3.98. The Balaban J connectivity index is 2.31. The van der Waals surface area contributed by atoms with E-state index in [1.165, 1.54) is 6.20 Å². The number of aryl methyl sites for hydroxylation is 1. The van der Waals surface area contributed by atoms with E-state index in [0.29, 0.717) is 5.56 Å². The van der Waals surface area contributed by atoms with Gasteiger partial charge in [-0.1, -0.05) is 0 Å². The maximum atomic E-state index is 13.6. The Hall–Kier alpha value is -2.01. The number of rotatable bonds is 3. The molecule has 2 N–H and O–H groups in total. The Morgan fingerprint density at radius 2 is 1.89 bits per heavy atom. The first kappa shape index (κ1) is 12.4. The molecule has 0 bridgehead atoms. The van der Waals surface area contributed by atoms with Gasteiger partial charge in [-0.25, -0.2) is 8.78 Å². The summed E-state index contributed by atoms with van der Waals surface area (Å²) in [5.41, 5.74) is 6.49. The van der Waals surface area contributed by atoms with Crippen molar-refractivity contribution >= 4 is 0 Å². The second kappa shape index (κ2) is 5.10. The van der Waals surface area contributed by atoms with E-state index in [1.54, 1.807) is 19.1 Å². The van der Waals surface area contributed by atoms with Gasteiger partial charge in [0.1, 0.15) is 5.75 Å². The van der Waals surface area contributed by atoms with Crippen LogP contribution in [0.4, 0.5) is 8.78 Å². The molecule has 0 spiro atoms. The second-order valence-electron chi connectivity index (χ2n) is 3.83. The molecule has 0 unspecified atom stereocenters. The van der Waals surface area contributed by atoms with Gasteiger partial charge in [-0.2, -0.15) is 0 Å². The smallest absolute Gasteiger partial charge is 0.198 e. The van der Waals surface area contributed by atoms with E-state index in [4.69, 9.17) is 10.5 Å². The van der Waals surface area contributed by atoms with Crippen LogP contribution < -0.4 is 10.5 Å². The quantitative estimate of drug-likeness (QED) is 0.911. The number of hydrogen-bond acceptors (Lipinski definition) is 3. The molecule has 0 saturated carbocycles. The first-order valence-corrected chi connectivity index (χ1v) is 5.38. The Morgan fingerprint density at radius 1 is 1.22 bits per heavy atom. The molecule has 5 heteroatoms. The van der Waals surface area contributed by atoms with Crippen molar-refractivity contribution < 1.29 is 13.5 Å². The molecule has 0 atom stereocenters. The van der Waals surface area contributed by atoms with Crippen LogP contribution in [0.25, 0.3) is 0 Å². The Bertz CT molecular complexity index is 532. The first-order chi connectivity index (χ1) is 8.60. The molecule has 1 heterocycles. The van der Waals surface area contributed by atoms with Crippen LogP contribution in [0.5, 0.6) is 11.5 Å². The molecule has 2 rings (SSSR count). The summed E-state index contributed by atoms with van der Waals surface area (Å²) >= 11 is 0. The first-order valence-electron chi connectivity index (χ1n) is 5.38. The highest BCUT2D eigenvalue weighted by Crippen LogP contribution is 2.28. The summed E-state index contributed by atoms with van der Waals surface area (Å²) in [7, 11) is 0. The van der Waals surface area contributed by atoms with Crippen LogP contribution in [-0.2, 0) is 6.54 Å². The minimum atomic E-state index is -0.781. The molecular weight excluding hydrogens is 238 g/mol. The summed E-state index contributed by atoms with van der Waals surface area (Å²) in [6, 6.07) is 5.59. The molecule has 0 saturated heterocycles. The Kier molecular flexibility index (Phi) is 3.53. The Morgan fingerprint density at radius 3 is 2.39 bits per heavy atom. The number of aromatic nitrogens is 1. The van der Waals surface area contributed by atoms with Crippen molar-refractivity contribution in [2.75, 3.05) is 0 Å². The zero-order valence-electron chi connectivity index (χ0n) is 9.78. The summed E-state index contributed by atoms with van der Waals surface area (Å²) in [6.07, 6.45) is 1.41. The number of hydrogen-bond donors (Lipinski definition) is 1. The minimum absolute atomic E-state index is 0.0697. The lowest BCUT2D eigenvalue weighted by molar-refractivity contribution is 0.405. The average Bonchev–Trinajstić information content (AvgIpc) is 2.35. The summed E-state index contributed by atoms with van der Waals surface area (Å²) in [6.45, 7) is 1.88. The summed E-state index contributed by atoms with van der Waals surface area (Å²) in [5.74, 6) is -1.73. The third-order valence-electron chi connectivity index (χ3n) is 2.40. The number of nitrogens with two attached hydrogens (primary N) is 1. The number of pyridine rings is 1. The van der Waals surface area contributed by atoms with E-state index in [9.17, 15) is 8.78 Å². The van der Waals surface area contributed by atoms with E-state index in [1.807, 2.05) is 0 Å². The topological polar surface area (TPSA) is 48.1 Å². The molecule has 0 radical (unpaired) electrons.